The minimum absolute atomic E-state index is 0. The van der Waals surface area contributed by atoms with E-state index in [0.29, 0.717) is 6.26 Å². The number of aromatic amines is 1. The molecule has 0 aromatic carbocycles. The average Bonchev–Trinajstić information content (AvgIpc) is 2.12. The first-order chi connectivity index (χ1) is 4.89. The van der Waals surface area contributed by atoms with Gasteiger partial charge in [0, 0.05) is 18.5 Å². The second-order valence-corrected chi connectivity index (χ2v) is 3.04. The second kappa shape index (κ2) is 6.44. The van der Waals surface area contributed by atoms with Gasteiger partial charge in [-0.3, -0.25) is 5.10 Å². The Balaban J connectivity index is 0. The van der Waals surface area contributed by atoms with E-state index in [1.54, 1.807) is 6.20 Å². The summed E-state index contributed by atoms with van der Waals surface area (Å²) in [7, 11) is -3.92. The molecule has 0 bridgehead atoms. The van der Waals surface area contributed by atoms with Crippen molar-refractivity contribution in [3.63, 3.8) is 0 Å². The molecule has 2 N–H and O–H groups in total. The Morgan fingerprint density at radius 2 is 2.08 bits per heavy atom. The maximum atomic E-state index is 9.08. The fourth-order valence-electron chi connectivity index (χ4n) is 0.252. The van der Waals surface area contributed by atoms with Crippen molar-refractivity contribution in [2.75, 3.05) is 6.26 Å². The van der Waals surface area contributed by atoms with E-state index in [1.807, 2.05) is 0 Å². The predicted molar refractivity (Wildman–Crippen MR) is 35.9 cm³/mol. The van der Waals surface area contributed by atoms with Crippen LogP contribution in [-0.2, 0) is 10.1 Å². The molecule has 0 aliphatic rings. The summed E-state index contributed by atoms with van der Waals surface area (Å²) in [6, 6.07) is 1.47. The smallest absolute Gasteiger partial charge is 0.748 e. The van der Waals surface area contributed by atoms with Crippen LogP contribution in [-0.4, -0.2) is 34.5 Å². The van der Waals surface area contributed by atoms with E-state index >= 15 is 0 Å². The first-order valence-electron chi connectivity index (χ1n) is 2.49. The van der Waals surface area contributed by atoms with E-state index in [1.165, 1.54) is 6.07 Å². The molecule has 6 nitrogen and oxygen atoms in total. The maximum absolute atomic E-state index is 9.08. The summed E-state index contributed by atoms with van der Waals surface area (Å²) in [5.74, 6) is 0.0370. The van der Waals surface area contributed by atoms with Crippen molar-refractivity contribution in [1.82, 2.24) is 10.2 Å². The Kier molecular flexibility index (Phi) is 7.75. The molecule has 0 amide bonds. The molecule has 0 spiro atoms. The molecule has 8 heteroatoms. The standard InChI is InChI=1S/C3H4N2O.CH4O3S.Na/c6-3-1-2-4-5-3;1-5(2,3)4;/h1-2H,(H2,4,5,6);1H3,(H,2,3,4);/q;;+1/p-1. The first-order valence-corrected chi connectivity index (χ1v) is 4.31. The van der Waals surface area contributed by atoms with Crippen molar-refractivity contribution in [3.05, 3.63) is 12.3 Å². The molecule has 1 aromatic heterocycles. The number of rotatable bonds is 0. The van der Waals surface area contributed by atoms with Crippen LogP contribution in [0.3, 0.4) is 0 Å². The Labute approximate surface area is 92.0 Å². The van der Waals surface area contributed by atoms with Gasteiger partial charge in [0.2, 0.25) is 5.88 Å². The third kappa shape index (κ3) is 16.5. The minimum Gasteiger partial charge on any atom is -0.748 e. The zero-order valence-electron chi connectivity index (χ0n) is 6.68. The normalized spacial score (nSPS) is 9.17. The van der Waals surface area contributed by atoms with Gasteiger partial charge < -0.3 is 9.66 Å². The van der Waals surface area contributed by atoms with Gasteiger partial charge >= 0.3 is 29.6 Å². The Hall–Kier alpha value is -0.0800. The van der Waals surface area contributed by atoms with Crippen LogP contribution >= 0.6 is 0 Å². The van der Waals surface area contributed by atoms with Gasteiger partial charge in [-0.25, -0.2) is 8.42 Å². The van der Waals surface area contributed by atoms with Gasteiger partial charge in [0.05, 0.1) is 10.1 Å². The van der Waals surface area contributed by atoms with E-state index in [0.717, 1.165) is 0 Å². The van der Waals surface area contributed by atoms with Crippen LogP contribution in [0.1, 0.15) is 0 Å². The zero-order valence-corrected chi connectivity index (χ0v) is 9.50. The molecule has 1 heterocycles. The van der Waals surface area contributed by atoms with Crippen LogP contribution in [0.5, 0.6) is 5.88 Å². The van der Waals surface area contributed by atoms with Crippen molar-refractivity contribution in [2.45, 2.75) is 0 Å². The van der Waals surface area contributed by atoms with Crippen LogP contribution in [0.2, 0.25) is 0 Å². The summed E-state index contributed by atoms with van der Waals surface area (Å²) in [4.78, 5) is 0. The SMILES string of the molecule is CS(=O)(=O)[O-].Oc1cc[nH]n1.[Na+]. The zero-order chi connectivity index (χ0) is 8.91. The van der Waals surface area contributed by atoms with Crippen molar-refractivity contribution < 1.29 is 47.6 Å². The van der Waals surface area contributed by atoms with Gasteiger partial charge in [-0.1, -0.05) is 0 Å². The van der Waals surface area contributed by atoms with Crippen molar-refractivity contribution in [2.24, 2.45) is 0 Å². The van der Waals surface area contributed by atoms with Gasteiger partial charge in [0.15, 0.2) is 0 Å². The van der Waals surface area contributed by atoms with Crippen LogP contribution < -0.4 is 29.6 Å². The molecule has 0 saturated carbocycles. The molecule has 0 aliphatic heterocycles. The van der Waals surface area contributed by atoms with E-state index < -0.39 is 10.1 Å². The summed E-state index contributed by atoms with van der Waals surface area (Å²) < 4.78 is 27.2. The quantitative estimate of drug-likeness (QED) is 0.332. The molecule has 12 heavy (non-hydrogen) atoms. The average molecular weight is 202 g/mol. The number of nitrogens with zero attached hydrogens (tertiary/aromatic N) is 1. The van der Waals surface area contributed by atoms with Gasteiger partial charge in [-0.05, 0) is 0 Å². The fourth-order valence-corrected chi connectivity index (χ4v) is 0.252. The van der Waals surface area contributed by atoms with Gasteiger partial charge in [-0.15, -0.1) is 5.10 Å². The Morgan fingerprint density at radius 1 is 1.67 bits per heavy atom. The molecular weight excluding hydrogens is 195 g/mol. The van der Waals surface area contributed by atoms with Crippen LogP contribution in [0.15, 0.2) is 12.3 Å². The van der Waals surface area contributed by atoms with Crippen molar-refractivity contribution in [1.29, 1.82) is 0 Å². The molecular formula is C4H7N2NaO4S. The summed E-state index contributed by atoms with van der Waals surface area (Å²) in [5.41, 5.74) is 0. The van der Waals surface area contributed by atoms with E-state index in [2.05, 4.69) is 10.2 Å². The first kappa shape index (κ1) is 14.4. The van der Waals surface area contributed by atoms with Gasteiger partial charge in [0.1, 0.15) is 0 Å². The second-order valence-electron chi connectivity index (χ2n) is 1.64. The third-order valence-electron chi connectivity index (χ3n) is 0.486. The molecule has 0 unspecified atom stereocenters. The third-order valence-corrected chi connectivity index (χ3v) is 0.486. The van der Waals surface area contributed by atoms with Crippen LogP contribution in [0, 0.1) is 0 Å². The van der Waals surface area contributed by atoms with Crippen molar-refractivity contribution >= 4 is 10.1 Å². The molecule has 0 fully saturated rings. The summed E-state index contributed by atoms with van der Waals surface area (Å²) in [5, 5.41) is 14.1. The van der Waals surface area contributed by atoms with Crippen LogP contribution in [0.4, 0.5) is 0 Å². The predicted octanol–water partition coefficient (Wildman–Crippen LogP) is -3.72. The van der Waals surface area contributed by atoms with Crippen molar-refractivity contribution in [3.8, 4) is 5.88 Å². The summed E-state index contributed by atoms with van der Waals surface area (Å²) in [6.45, 7) is 0. The molecule has 64 valence electrons. The van der Waals surface area contributed by atoms with E-state index in [4.69, 9.17) is 18.1 Å². The largest absolute Gasteiger partial charge is 1.00 e. The maximum Gasteiger partial charge on any atom is 1.00 e. The van der Waals surface area contributed by atoms with Gasteiger partial charge in [-0.2, -0.15) is 0 Å². The van der Waals surface area contributed by atoms with Crippen LogP contribution in [0.25, 0.3) is 0 Å². The number of aromatic hydroxyl groups is 1. The molecule has 1 aromatic rings. The minimum atomic E-state index is -3.92. The number of hydrogen-bond acceptors (Lipinski definition) is 5. The fraction of sp³-hybridized carbons (Fsp3) is 0.250. The molecule has 0 radical (unpaired) electrons. The molecule has 0 atom stereocenters. The number of H-pyrrole nitrogens is 1. The van der Waals surface area contributed by atoms with E-state index in [9.17, 15) is 0 Å². The van der Waals surface area contributed by atoms with Gasteiger partial charge in [0.25, 0.3) is 0 Å². The number of hydrogen-bond donors (Lipinski definition) is 2. The Bertz CT molecular complexity index is 274. The topological polar surface area (TPSA) is 106 Å². The number of nitrogens with one attached hydrogen (secondary N) is 1. The summed E-state index contributed by atoms with van der Waals surface area (Å²) >= 11 is 0. The van der Waals surface area contributed by atoms with E-state index in [-0.39, 0.29) is 35.4 Å². The Morgan fingerprint density at radius 3 is 2.17 bits per heavy atom. The molecule has 0 aliphatic carbocycles. The number of aromatic nitrogens is 2. The molecule has 0 saturated heterocycles. The monoisotopic (exact) mass is 202 g/mol. The summed E-state index contributed by atoms with van der Waals surface area (Å²) in [6.07, 6.45) is 2.16. The molecule has 1 rings (SSSR count).